The third-order valence-electron chi connectivity index (χ3n) is 5.35. The molecule has 146 valence electrons. The molecule has 0 saturated carbocycles. The summed E-state index contributed by atoms with van der Waals surface area (Å²) in [6.07, 6.45) is 1.88. The number of halogens is 1. The van der Waals surface area contributed by atoms with Crippen LogP contribution in [-0.4, -0.2) is 31.4 Å². The average molecular weight is 412 g/mol. The van der Waals surface area contributed by atoms with Crippen molar-refractivity contribution in [3.05, 3.63) is 59.1 Å². The zero-order valence-corrected chi connectivity index (χ0v) is 18.6. The van der Waals surface area contributed by atoms with Crippen LogP contribution in [0.1, 0.15) is 39.2 Å². The quantitative estimate of drug-likeness (QED) is 0.649. The number of imide groups is 1. The van der Waals surface area contributed by atoms with Gasteiger partial charge in [0.1, 0.15) is 0 Å². The molecule has 1 aliphatic rings. The third kappa shape index (κ3) is 4.08. The Labute approximate surface area is 174 Å². The molecule has 2 radical (unpaired) electrons. The molecular formula is C23H26ClNO2Si. The standard InChI is InChI=1S/C23H26ClNO2Si/c1-22(2,3)21(27)25-20(26)12-13-23(25,28-4)15-16-8-10-17(11-9-16)18-6-5-7-19(24)14-18/h5-11,14H,12-13,15H2,1-4H3/t23-/m1/s1. The van der Waals surface area contributed by atoms with Crippen LogP contribution in [0.5, 0.6) is 0 Å². The molecule has 0 N–H and O–H groups in total. The van der Waals surface area contributed by atoms with E-state index in [0.29, 0.717) is 27.4 Å². The molecule has 3 nitrogen and oxygen atoms in total. The Morgan fingerprint density at radius 1 is 1.14 bits per heavy atom. The van der Waals surface area contributed by atoms with Crippen LogP contribution in [0.4, 0.5) is 0 Å². The molecule has 1 saturated heterocycles. The second-order valence-electron chi connectivity index (χ2n) is 8.45. The SMILES string of the molecule is C[Si][C@@]1(Cc2ccc(-c3cccc(Cl)c3)cc2)CCC(=O)N1C(=O)C(C)(C)C. The topological polar surface area (TPSA) is 37.4 Å². The maximum atomic E-state index is 13.0. The van der Waals surface area contributed by atoms with Crippen molar-refractivity contribution in [3.63, 3.8) is 0 Å². The lowest BCUT2D eigenvalue weighted by atomic mass is 9.93. The molecule has 1 atom stereocenters. The van der Waals surface area contributed by atoms with Crippen molar-refractivity contribution in [3.8, 4) is 11.1 Å². The van der Waals surface area contributed by atoms with Crippen LogP contribution in [0.3, 0.4) is 0 Å². The molecule has 2 aromatic carbocycles. The highest BCUT2D eigenvalue weighted by atomic mass is 35.5. The van der Waals surface area contributed by atoms with Crippen molar-refractivity contribution in [2.75, 3.05) is 0 Å². The molecule has 2 aromatic rings. The summed E-state index contributed by atoms with van der Waals surface area (Å²) in [5.41, 5.74) is 2.75. The van der Waals surface area contributed by atoms with Crippen molar-refractivity contribution in [2.45, 2.75) is 51.7 Å². The van der Waals surface area contributed by atoms with Crippen LogP contribution in [0.2, 0.25) is 11.6 Å². The molecule has 1 fully saturated rings. The Morgan fingerprint density at radius 2 is 1.82 bits per heavy atom. The zero-order valence-electron chi connectivity index (χ0n) is 16.9. The molecule has 1 aliphatic heterocycles. The summed E-state index contributed by atoms with van der Waals surface area (Å²) in [5, 5.41) is 0.312. The van der Waals surface area contributed by atoms with E-state index in [0.717, 1.165) is 23.1 Å². The van der Waals surface area contributed by atoms with E-state index in [1.165, 1.54) is 0 Å². The number of hydrogen-bond donors (Lipinski definition) is 0. The summed E-state index contributed by atoms with van der Waals surface area (Å²) in [5.74, 6) is -0.107. The van der Waals surface area contributed by atoms with Gasteiger partial charge in [-0.15, -0.1) is 0 Å². The molecule has 0 unspecified atom stereocenters. The largest absolute Gasteiger partial charge is 0.279 e. The molecule has 3 rings (SSSR count). The Balaban J connectivity index is 1.88. The first kappa shape index (κ1) is 20.8. The van der Waals surface area contributed by atoms with Gasteiger partial charge < -0.3 is 0 Å². The number of nitrogens with zero attached hydrogens (tertiary/aromatic N) is 1. The van der Waals surface area contributed by atoms with Gasteiger partial charge in [-0.05, 0) is 41.7 Å². The Kier molecular flexibility index (Phi) is 5.83. The molecule has 0 spiro atoms. The van der Waals surface area contributed by atoms with Crippen molar-refractivity contribution in [1.29, 1.82) is 0 Å². The van der Waals surface area contributed by atoms with Crippen LogP contribution >= 0.6 is 11.6 Å². The number of likely N-dealkylation sites (tertiary alicyclic amines) is 1. The van der Waals surface area contributed by atoms with Gasteiger partial charge in [0.05, 0.1) is 9.52 Å². The Bertz CT molecular complexity index is 888. The smallest absolute Gasteiger partial charge is 0.234 e. The van der Waals surface area contributed by atoms with E-state index in [1.54, 1.807) is 4.90 Å². The Morgan fingerprint density at radius 3 is 2.39 bits per heavy atom. The second kappa shape index (κ2) is 7.84. The van der Waals surface area contributed by atoms with Gasteiger partial charge in [-0.25, -0.2) is 0 Å². The van der Waals surface area contributed by atoms with Crippen molar-refractivity contribution in [2.24, 2.45) is 5.41 Å². The molecule has 1 heterocycles. The highest BCUT2D eigenvalue weighted by Gasteiger charge is 2.49. The number of amides is 2. The van der Waals surface area contributed by atoms with Crippen LogP contribution in [0.15, 0.2) is 48.5 Å². The van der Waals surface area contributed by atoms with Crippen molar-refractivity contribution < 1.29 is 9.59 Å². The fourth-order valence-electron chi connectivity index (χ4n) is 3.73. The summed E-state index contributed by atoms with van der Waals surface area (Å²) in [7, 11) is 0.481. The molecule has 5 heteroatoms. The van der Waals surface area contributed by atoms with Gasteiger partial charge in [0.15, 0.2) is 0 Å². The lowest BCUT2D eigenvalue weighted by molar-refractivity contribution is -0.150. The number of benzene rings is 2. The van der Waals surface area contributed by atoms with E-state index in [4.69, 9.17) is 11.6 Å². The van der Waals surface area contributed by atoms with E-state index in [9.17, 15) is 9.59 Å². The summed E-state index contributed by atoms with van der Waals surface area (Å²) >= 11 is 6.10. The summed E-state index contributed by atoms with van der Waals surface area (Å²) in [6, 6.07) is 16.2. The molecule has 28 heavy (non-hydrogen) atoms. The lowest BCUT2D eigenvalue weighted by Crippen LogP contribution is -2.56. The van der Waals surface area contributed by atoms with E-state index in [-0.39, 0.29) is 11.8 Å². The van der Waals surface area contributed by atoms with Gasteiger partial charge in [0.2, 0.25) is 11.8 Å². The summed E-state index contributed by atoms with van der Waals surface area (Å²) in [6.45, 7) is 7.74. The van der Waals surface area contributed by atoms with Gasteiger partial charge in [-0.3, -0.25) is 14.5 Å². The van der Waals surface area contributed by atoms with Crippen LogP contribution in [-0.2, 0) is 16.0 Å². The molecular weight excluding hydrogens is 386 g/mol. The maximum absolute atomic E-state index is 13.0. The fourth-order valence-corrected chi connectivity index (χ4v) is 5.13. The second-order valence-corrected chi connectivity index (χ2v) is 10.3. The number of hydrogen-bond acceptors (Lipinski definition) is 2. The predicted molar refractivity (Wildman–Crippen MR) is 115 cm³/mol. The first-order chi connectivity index (χ1) is 13.2. The van der Waals surface area contributed by atoms with Crippen molar-refractivity contribution in [1.82, 2.24) is 4.90 Å². The first-order valence-corrected chi connectivity index (χ1v) is 11.5. The highest BCUT2D eigenvalue weighted by molar-refractivity contribution is 6.40. The first-order valence-electron chi connectivity index (χ1n) is 9.57. The maximum Gasteiger partial charge on any atom is 0.234 e. The van der Waals surface area contributed by atoms with Gasteiger partial charge in [0, 0.05) is 22.0 Å². The van der Waals surface area contributed by atoms with Crippen LogP contribution in [0.25, 0.3) is 11.1 Å². The molecule has 2 amide bonds. The van der Waals surface area contributed by atoms with E-state index in [2.05, 4.69) is 30.8 Å². The normalized spacial score (nSPS) is 19.9. The minimum absolute atomic E-state index is 0.0372. The summed E-state index contributed by atoms with van der Waals surface area (Å²) < 4.78 is 0. The monoisotopic (exact) mass is 411 g/mol. The summed E-state index contributed by atoms with van der Waals surface area (Å²) in [4.78, 5) is 27.2. The van der Waals surface area contributed by atoms with E-state index < -0.39 is 10.6 Å². The molecule has 0 aliphatic carbocycles. The van der Waals surface area contributed by atoms with Crippen LogP contribution < -0.4 is 0 Å². The lowest BCUT2D eigenvalue weighted by Gasteiger charge is -2.39. The fraction of sp³-hybridized carbons (Fsp3) is 0.391. The van der Waals surface area contributed by atoms with E-state index in [1.807, 2.05) is 45.0 Å². The minimum Gasteiger partial charge on any atom is -0.279 e. The zero-order chi connectivity index (χ0) is 20.5. The highest BCUT2D eigenvalue weighted by Crippen LogP contribution is 2.36. The average Bonchev–Trinajstić information content (AvgIpc) is 2.97. The van der Waals surface area contributed by atoms with Gasteiger partial charge in [0.25, 0.3) is 0 Å². The minimum atomic E-state index is -0.568. The van der Waals surface area contributed by atoms with Crippen LogP contribution in [0, 0.1) is 5.41 Å². The molecule has 0 aromatic heterocycles. The number of carbonyl (C=O) groups is 2. The molecule has 0 bridgehead atoms. The number of carbonyl (C=O) groups excluding carboxylic acids is 2. The predicted octanol–water partition coefficient (Wildman–Crippen LogP) is 5.19. The Hall–Kier alpha value is -1.91. The van der Waals surface area contributed by atoms with Gasteiger partial charge in [-0.1, -0.05) is 75.3 Å². The van der Waals surface area contributed by atoms with Gasteiger partial charge in [-0.2, -0.15) is 0 Å². The number of rotatable bonds is 4. The van der Waals surface area contributed by atoms with E-state index >= 15 is 0 Å². The van der Waals surface area contributed by atoms with Gasteiger partial charge >= 0.3 is 0 Å². The third-order valence-corrected chi connectivity index (χ3v) is 7.16. The van der Waals surface area contributed by atoms with Crippen molar-refractivity contribution >= 4 is 32.9 Å².